The Morgan fingerprint density at radius 2 is 0.708 bits per heavy atom. The molecule has 0 saturated carbocycles. The number of amides is 8. The molecular formula is C66H70N8O22. The van der Waals surface area contributed by atoms with Crippen molar-refractivity contribution in [1.29, 1.82) is 0 Å². The smallest absolute Gasteiger partial charge is 0.326 e. The van der Waals surface area contributed by atoms with Gasteiger partial charge in [-0.15, -0.1) is 0 Å². The summed E-state index contributed by atoms with van der Waals surface area (Å²) in [6.45, 7) is 0.856. The lowest BCUT2D eigenvalue weighted by Crippen LogP contribution is -2.56. The minimum absolute atomic E-state index is 0.185. The van der Waals surface area contributed by atoms with Crippen LogP contribution in [0.2, 0.25) is 0 Å². The number of carbonyl (C=O) groups excluding carboxylic acids is 8. The summed E-state index contributed by atoms with van der Waals surface area (Å²) < 4.78 is 32.9. The molecule has 30 nitrogen and oxygen atoms in total. The van der Waals surface area contributed by atoms with Crippen molar-refractivity contribution in [3.8, 4) is 58.2 Å². The highest BCUT2D eigenvalue weighted by Gasteiger charge is 2.32. The van der Waals surface area contributed by atoms with Gasteiger partial charge in [0, 0.05) is 35.1 Å². The summed E-state index contributed by atoms with van der Waals surface area (Å²) in [5.74, 6) is -1.48. The van der Waals surface area contributed by atoms with Crippen molar-refractivity contribution in [2.75, 3.05) is 55.7 Å². The Bertz CT molecular complexity index is 3580. The van der Waals surface area contributed by atoms with Gasteiger partial charge in [-0.05, 0) is 61.4 Å². The number of ether oxygens (including phenoxy) is 6. The Balaban J connectivity index is 1.51. The van der Waals surface area contributed by atoms with Crippen LogP contribution < -0.4 is 71.0 Å². The zero-order valence-corrected chi connectivity index (χ0v) is 53.1. The number of carboxylic acid groups (broad SMARTS) is 4. The molecule has 0 aliphatic carbocycles. The number of methoxy groups -OCH3 is 6. The molecule has 0 aliphatic heterocycles. The summed E-state index contributed by atoms with van der Waals surface area (Å²) in [7, 11) is 8.21. The second kappa shape index (κ2) is 36.0. The largest absolute Gasteiger partial charge is 0.493 e. The van der Waals surface area contributed by atoms with Crippen molar-refractivity contribution < 1.29 is 106 Å². The third-order valence-electron chi connectivity index (χ3n) is 13.8. The fourth-order valence-electron chi connectivity index (χ4n) is 9.00. The Morgan fingerprint density at radius 1 is 0.396 bits per heavy atom. The molecule has 0 spiro atoms. The van der Waals surface area contributed by atoms with E-state index in [2.05, 4.69) is 66.2 Å². The number of carboxylic acids is 4. The third-order valence-corrected chi connectivity index (χ3v) is 13.8. The SMILES string of the molecule is COc1cc(C#Cc2cc(C(=O)NCC(=O)N[C@H](C)C(=O)N[C@H](Cc3ccccc3)C(=O)N[C@H](CC(=O)O)C(=O)O)c(C#Cc3cc(OC)c(OC)c(OC)c3)cc2C(=O)NCC(=O)N[C@H](C)C(=O)N[C@H](Cc2ccccc2)C(=O)N[C@H](CC(=O)O)C(=O)O)cc(OC)c1OC. The predicted octanol–water partition coefficient (Wildman–Crippen LogP) is 0.550. The maximum atomic E-state index is 14.5. The van der Waals surface area contributed by atoms with Gasteiger partial charge in [-0.2, -0.15) is 0 Å². The van der Waals surface area contributed by atoms with Crippen LogP contribution in [-0.4, -0.2) is 184 Å². The van der Waals surface area contributed by atoms with E-state index < -0.39 is 133 Å². The van der Waals surface area contributed by atoms with Crippen molar-refractivity contribution in [2.45, 2.75) is 75.8 Å². The standard InChI is InChI=1S/C66H70N8O22/c1-35(59(81)71-45(23-37-15-11-9-12-16-37)63(85)73-47(65(87)88)31-55(77)78)69-53(75)33-67-61(83)43-29-42(22-20-40-27-51(93-5)58(96-8)52(28-40)94-6)44(30-41(43)21-19-39-25-49(91-3)57(95-7)50(26-39)92-4)62(84)68-34-54(76)70-36(2)60(82)72-46(24-38-17-13-10-14-18-38)64(86)74-48(66(89)90)32-56(79)80/h9-18,25-30,35-36,45-48H,23-24,31-34H2,1-8H3,(H,67,83)(H,68,84)(H,69,75)(H,70,76)(H,71,81)(H,72,82)(H,73,85)(H,74,86)(H,77,78)(H,79,80)(H,87,88)(H,89,90)/t35-,36-,45-,46-,47-,48-/m1/s1. The summed E-state index contributed by atoms with van der Waals surface area (Å²) in [6.07, 6.45) is -2.33. The van der Waals surface area contributed by atoms with E-state index in [0.29, 0.717) is 11.1 Å². The second-order valence-corrected chi connectivity index (χ2v) is 20.7. The number of carbonyl (C=O) groups is 12. The van der Waals surface area contributed by atoms with E-state index in [9.17, 15) is 78.0 Å². The summed E-state index contributed by atoms with van der Waals surface area (Å²) in [6, 6.07) is 15.2. The maximum absolute atomic E-state index is 14.5. The molecule has 0 saturated heterocycles. The Morgan fingerprint density at radius 3 is 0.990 bits per heavy atom. The van der Waals surface area contributed by atoms with Crippen LogP contribution in [0.15, 0.2) is 97.1 Å². The molecule has 5 aromatic rings. The van der Waals surface area contributed by atoms with E-state index in [1.807, 2.05) is 0 Å². The Labute approximate surface area is 549 Å². The third kappa shape index (κ3) is 21.9. The molecule has 5 aromatic carbocycles. The number of benzene rings is 5. The van der Waals surface area contributed by atoms with Crippen LogP contribution in [0.25, 0.3) is 0 Å². The molecule has 6 atom stereocenters. The average molecular weight is 1330 g/mol. The fraction of sp³-hybridized carbons (Fsp3) is 0.303. The molecule has 0 aromatic heterocycles. The highest BCUT2D eigenvalue weighted by Crippen LogP contribution is 2.39. The Hall–Kier alpha value is -12.3. The summed E-state index contributed by atoms with van der Waals surface area (Å²) in [5, 5.41) is 56.6. The molecule has 0 aliphatic rings. The van der Waals surface area contributed by atoms with Crippen LogP contribution in [0.3, 0.4) is 0 Å². The molecule has 12 N–H and O–H groups in total. The highest BCUT2D eigenvalue weighted by atomic mass is 16.5. The van der Waals surface area contributed by atoms with Crippen molar-refractivity contribution >= 4 is 71.1 Å². The van der Waals surface area contributed by atoms with Gasteiger partial charge >= 0.3 is 23.9 Å². The van der Waals surface area contributed by atoms with E-state index in [1.54, 1.807) is 60.7 Å². The van der Waals surface area contributed by atoms with Gasteiger partial charge in [-0.1, -0.05) is 84.3 Å². The minimum atomic E-state index is -1.86. The zero-order chi connectivity index (χ0) is 70.8. The lowest BCUT2D eigenvalue weighted by atomic mass is 9.96. The minimum Gasteiger partial charge on any atom is -0.493 e. The summed E-state index contributed by atoms with van der Waals surface area (Å²) in [4.78, 5) is 157. The molecule has 506 valence electrons. The molecule has 0 radical (unpaired) electrons. The van der Waals surface area contributed by atoms with Gasteiger partial charge in [-0.25, -0.2) is 9.59 Å². The summed E-state index contributed by atoms with van der Waals surface area (Å²) in [5.41, 5.74) is 0.538. The van der Waals surface area contributed by atoms with E-state index in [-0.39, 0.29) is 80.7 Å². The fourth-order valence-corrected chi connectivity index (χ4v) is 9.00. The van der Waals surface area contributed by atoms with Crippen molar-refractivity contribution in [2.24, 2.45) is 0 Å². The van der Waals surface area contributed by atoms with Gasteiger partial charge in [0.2, 0.25) is 46.9 Å². The van der Waals surface area contributed by atoms with Crippen LogP contribution in [0.5, 0.6) is 34.5 Å². The highest BCUT2D eigenvalue weighted by molar-refractivity contribution is 6.04. The van der Waals surface area contributed by atoms with E-state index in [1.165, 1.54) is 92.9 Å². The first-order valence-electron chi connectivity index (χ1n) is 28.9. The predicted molar refractivity (Wildman–Crippen MR) is 338 cm³/mol. The number of nitrogens with one attached hydrogen (secondary N) is 8. The van der Waals surface area contributed by atoms with Crippen LogP contribution in [0.4, 0.5) is 0 Å². The van der Waals surface area contributed by atoms with Gasteiger partial charge in [0.05, 0.1) is 79.7 Å². The molecule has 0 unspecified atom stereocenters. The van der Waals surface area contributed by atoms with Crippen LogP contribution >= 0.6 is 0 Å². The molecule has 30 heteroatoms. The van der Waals surface area contributed by atoms with E-state index in [0.717, 1.165) is 0 Å². The van der Waals surface area contributed by atoms with E-state index >= 15 is 0 Å². The van der Waals surface area contributed by atoms with Crippen molar-refractivity contribution in [3.05, 3.63) is 142 Å². The number of hydrogen-bond donors (Lipinski definition) is 12. The first kappa shape index (κ1) is 74.4. The topological polar surface area (TPSA) is 437 Å². The number of hydrogen-bond acceptors (Lipinski definition) is 18. The van der Waals surface area contributed by atoms with Gasteiger partial charge in [-0.3, -0.25) is 47.9 Å². The van der Waals surface area contributed by atoms with Gasteiger partial charge in [0.25, 0.3) is 11.8 Å². The molecule has 8 amide bonds. The molecular weight excluding hydrogens is 1260 g/mol. The lowest BCUT2D eigenvalue weighted by molar-refractivity contribution is -0.147. The monoisotopic (exact) mass is 1330 g/mol. The quantitative estimate of drug-likeness (QED) is 0.0262. The van der Waals surface area contributed by atoms with Gasteiger partial charge < -0.3 is 91.4 Å². The van der Waals surface area contributed by atoms with Gasteiger partial charge in [0.15, 0.2) is 23.0 Å². The molecule has 0 heterocycles. The lowest BCUT2D eigenvalue weighted by Gasteiger charge is -2.23. The second-order valence-electron chi connectivity index (χ2n) is 20.7. The number of aliphatic carboxylic acids is 4. The van der Waals surface area contributed by atoms with Crippen LogP contribution in [0.1, 0.15) is 80.8 Å². The Kier molecular flexibility index (Phi) is 27.9. The molecule has 0 fully saturated rings. The van der Waals surface area contributed by atoms with Crippen molar-refractivity contribution in [1.82, 2.24) is 42.5 Å². The molecule has 5 rings (SSSR count). The van der Waals surface area contributed by atoms with Crippen LogP contribution in [-0.2, 0) is 60.8 Å². The first-order chi connectivity index (χ1) is 45.7. The number of rotatable bonds is 32. The first-order valence-corrected chi connectivity index (χ1v) is 28.9. The van der Waals surface area contributed by atoms with Crippen LogP contribution in [0, 0.1) is 23.7 Å². The molecule has 96 heavy (non-hydrogen) atoms. The molecule has 0 bridgehead atoms. The summed E-state index contributed by atoms with van der Waals surface area (Å²) >= 11 is 0. The average Bonchev–Trinajstić information content (AvgIpc) is 0.811. The van der Waals surface area contributed by atoms with Crippen molar-refractivity contribution in [3.63, 3.8) is 0 Å². The zero-order valence-electron chi connectivity index (χ0n) is 53.1. The maximum Gasteiger partial charge on any atom is 0.326 e. The van der Waals surface area contributed by atoms with Gasteiger partial charge in [0.1, 0.15) is 36.3 Å². The van der Waals surface area contributed by atoms with E-state index in [4.69, 9.17) is 28.4 Å². The normalized spacial score (nSPS) is 12.2.